The first-order chi connectivity index (χ1) is 11.0. The smallest absolute Gasteiger partial charge is 0.218 e. The first-order valence-electron chi connectivity index (χ1n) is 6.52. The standard InChI is InChI=1S/C15H10Cl2N4OS/c16-8-3-1-4-9(7-8)18-15(23)21-20-13-10-5-2-6-11(17)12(10)19-14(13)22/h1-7,19,22H,(H,18,23). The first-order valence-corrected chi connectivity index (χ1v) is 7.68. The summed E-state index contributed by atoms with van der Waals surface area (Å²) in [4.78, 5) is 2.76. The Labute approximate surface area is 147 Å². The van der Waals surface area contributed by atoms with Gasteiger partial charge in [0, 0.05) is 16.1 Å². The molecule has 23 heavy (non-hydrogen) atoms. The van der Waals surface area contributed by atoms with Gasteiger partial charge in [-0.05, 0) is 36.5 Å². The number of thiocarbonyl (C=S) groups is 1. The minimum Gasteiger partial charge on any atom is -0.493 e. The minimum atomic E-state index is -0.123. The molecule has 3 aromatic rings. The average Bonchev–Trinajstić information content (AvgIpc) is 2.82. The van der Waals surface area contributed by atoms with Crippen LogP contribution in [0.3, 0.4) is 0 Å². The Hall–Kier alpha value is -2.15. The van der Waals surface area contributed by atoms with Gasteiger partial charge in [-0.15, -0.1) is 10.2 Å². The number of hydrogen-bond acceptors (Lipinski definition) is 3. The lowest BCUT2D eigenvalue weighted by Crippen LogP contribution is -2.04. The fourth-order valence-corrected chi connectivity index (χ4v) is 2.64. The second-order valence-electron chi connectivity index (χ2n) is 4.63. The summed E-state index contributed by atoms with van der Waals surface area (Å²) in [5.41, 5.74) is 1.57. The highest BCUT2D eigenvalue weighted by Gasteiger charge is 2.12. The van der Waals surface area contributed by atoms with Gasteiger partial charge in [0.25, 0.3) is 0 Å². The average molecular weight is 365 g/mol. The number of benzene rings is 2. The molecule has 0 fully saturated rings. The largest absolute Gasteiger partial charge is 0.493 e. The third-order valence-electron chi connectivity index (χ3n) is 3.05. The number of fused-ring (bicyclic) bond motifs is 1. The summed E-state index contributed by atoms with van der Waals surface area (Å²) >= 11 is 17.1. The molecule has 0 bridgehead atoms. The van der Waals surface area contributed by atoms with Gasteiger partial charge in [0.05, 0.1) is 10.5 Å². The van der Waals surface area contributed by atoms with Crippen molar-refractivity contribution in [3.63, 3.8) is 0 Å². The Kier molecular flexibility index (Phi) is 4.47. The van der Waals surface area contributed by atoms with E-state index in [0.717, 1.165) is 0 Å². The summed E-state index contributed by atoms with van der Waals surface area (Å²) in [7, 11) is 0. The zero-order valence-corrected chi connectivity index (χ0v) is 13.9. The van der Waals surface area contributed by atoms with E-state index in [1.54, 1.807) is 42.5 Å². The minimum absolute atomic E-state index is 0.123. The molecule has 0 spiro atoms. The fourth-order valence-electron chi connectivity index (χ4n) is 2.07. The molecule has 1 heterocycles. The van der Waals surface area contributed by atoms with Crippen molar-refractivity contribution in [2.45, 2.75) is 0 Å². The van der Waals surface area contributed by atoms with Crippen LogP contribution in [0.5, 0.6) is 5.88 Å². The van der Waals surface area contributed by atoms with E-state index < -0.39 is 0 Å². The number of para-hydroxylation sites is 1. The van der Waals surface area contributed by atoms with E-state index >= 15 is 0 Å². The van der Waals surface area contributed by atoms with Gasteiger partial charge in [0.1, 0.15) is 0 Å². The third-order valence-corrected chi connectivity index (χ3v) is 3.79. The number of aromatic hydroxyl groups is 1. The molecule has 0 aliphatic carbocycles. The van der Waals surface area contributed by atoms with E-state index in [1.165, 1.54) is 0 Å². The highest BCUT2D eigenvalue weighted by atomic mass is 35.5. The van der Waals surface area contributed by atoms with Gasteiger partial charge in [-0.2, -0.15) is 0 Å². The molecule has 1 aromatic heterocycles. The van der Waals surface area contributed by atoms with Crippen molar-refractivity contribution < 1.29 is 5.11 Å². The zero-order chi connectivity index (χ0) is 16.4. The summed E-state index contributed by atoms with van der Waals surface area (Å²) in [6, 6.07) is 12.3. The number of aromatic nitrogens is 1. The van der Waals surface area contributed by atoms with E-state index in [0.29, 0.717) is 26.6 Å². The van der Waals surface area contributed by atoms with Crippen LogP contribution in [-0.2, 0) is 0 Å². The van der Waals surface area contributed by atoms with Crippen molar-refractivity contribution in [3.8, 4) is 5.88 Å². The third kappa shape index (κ3) is 3.44. The molecule has 0 unspecified atom stereocenters. The molecule has 5 nitrogen and oxygen atoms in total. The number of anilines is 1. The van der Waals surface area contributed by atoms with Crippen LogP contribution in [0.2, 0.25) is 10.0 Å². The van der Waals surface area contributed by atoms with Crippen LogP contribution >= 0.6 is 35.4 Å². The number of H-pyrrole nitrogens is 1. The maximum atomic E-state index is 9.95. The monoisotopic (exact) mass is 364 g/mol. The first kappa shape index (κ1) is 15.7. The van der Waals surface area contributed by atoms with Crippen LogP contribution in [0.25, 0.3) is 10.9 Å². The fraction of sp³-hybridized carbons (Fsp3) is 0. The lowest BCUT2D eigenvalue weighted by atomic mass is 10.2. The van der Waals surface area contributed by atoms with E-state index in [4.69, 9.17) is 35.4 Å². The van der Waals surface area contributed by atoms with Crippen LogP contribution in [0.15, 0.2) is 52.7 Å². The van der Waals surface area contributed by atoms with Crippen molar-refractivity contribution in [3.05, 3.63) is 52.5 Å². The highest BCUT2D eigenvalue weighted by molar-refractivity contribution is 7.80. The topological polar surface area (TPSA) is 72.8 Å². The summed E-state index contributed by atoms with van der Waals surface area (Å²) in [6.45, 7) is 0. The van der Waals surface area contributed by atoms with E-state index in [2.05, 4.69) is 20.5 Å². The molecule has 8 heteroatoms. The SMILES string of the molecule is Oc1[nH]c2c(Cl)cccc2c1N=NC(=S)Nc1cccc(Cl)c1. The molecular formula is C15H10Cl2N4OS. The number of azo groups is 1. The quantitative estimate of drug-likeness (QED) is 0.405. The molecular weight excluding hydrogens is 355 g/mol. The van der Waals surface area contributed by atoms with Crippen LogP contribution in [0.1, 0.15) is 0 Å². The lowest BCUT2D eigenvalue weighted by Gasteiger charge is -2.02. The molecule has 0 saturated carbocycles. The van der Waals surface area contributed by atoms with Gasteiger partial charge < -0.3 is 15.4 Å². The van der Waals surface area contributed by atoms with Crippen LogP contribution in [0, 0.1) is 0 Å². The van der Waals surface area contributed by atoms with Gasteiger partial charge in [0.15, 0.2) is 5.69 Å². The molecule has 0 aliphatic rings. The van der Waals surface area contributed by atoms with Gasteiger partial charge in [-0.3, -0.25) is 0 Å². The Morgan fingerprint density at radius 3 is 2.74 bits per heavy atom. The van der Waals surface area contributed by atoms with Gasteiger partial charge >= 0.3 is 0 Å². The Morgan fingerprint density at radius 2 is 1.96 bits per heavy atom. The Balaban J connectivity index is 1.84. The zero-order valence-electron chi connectivity index (χ0n) is 11.5. The molecule has 0 atom stereocenters. The summed E-state index contributed by atoms with van der Waals surface area (Å²) in [6.07, 6.45) is 0. The molecule has 0 amide bonds. The van der Waals surface area contributed by atoms with Gasteiger partial charge in [-0.25, -0.2) is 0 Å². The van der Waals surface area contributed by atoms with Crippen molar-refractivity contribution >= 4 is 62.8 Å². The maximum absolute atomic E-state index is 9.95. The lowest BCUT2D eigenvalue weighted by molar-refractivity contribution is 0.459. The Morgan fingerprint density at radius 1 is 1.17 bits per heavy atom. The molecule has 2 aromatic carbocycles. The normalized spacial score (nSPS) is 11.2. The summed E-state index contributed by atoms with van der Waals surface area (Å²) in [5.74, 6) is -0.123. The molecule has 0 radical (unpaired) electrons. The van der Waals surface area contributed by atoms with Gasteiger partial charge in [0.2, 0.25) is 11.0 Å². The van der Waals surface area contributed by atoms with E-state index in [1.807, 2.05) is 0 Å². The second kappa shape index (κ2) is 6.54. The molecule has 0 saturated heterocycles. The number of rotatable bonds is 2. The number of hydrogen-bond donors (Lipinski definition) is 3. The second-order valence-corrected chi connectivity index (χ2v) is 5.86. The van der Waals surface area contributed by atoms with Gasteiger partial charge in [-0.1, -0.05) is 41.4 Å². The van der Waals surface area contributed by atoms with Crippen LogP contribution in [0.4, 0.5) is 11.4 Å². The van der Waals surface area contributed by atoms with E-state index in [9.17, 15) is 5.11 Å². The van der Waals surface area contributed by atoms with Crippen molar-refractivity contribution in [2.24, 2.45) is 10.2 Å². The van der Waals surface area contributed by atoms with Crippen molar-refractivity contribution in [1.82, 2.24) is 4.98 Å². The number of halogens is 2. The summed E-state index contributed by atoms with van der Waals surface area (Å²) in [5, 5.41) is 22.6. The number of aromatic amines is 1. The summed E-state index contributed by atoms with van der Waals surface area (Å²) < 4.78 is 0. The van der Waals surface area contributed by atoms with E-state index in [-0.39, 0.29) is 16.7 Å². The van der Waals surface area contributed by atoms with Crippen LogP contribution < -0.4 is 5.32 Å². The predicted octanol–water partition coefficient (Wildman–Crippen LogP) is 5.66. The maximum Gasteiger partial charge on any atom is 0.218 e. The van der Waals surface area contributed by atoms with Crippen molar-refractivity contribution in [2.75, 3.05) is 5.32 Å². The van der Waals surface area contributed by atoms with Crippen LogP contribution in [-0.4, -0.2) is 15.2 Å². The molecule has 116 valence electrons. The molecule has 3 N–H and O–H groups in total. The van der Waals surface area contributed by atoms with Crippen molar-refractivity contribution in [1.29, 1.82) is 0 Å². The highest BCUT2D eigenvalue weighted by Crippen LogP contribution is 2.38. The Bertz CT molecular complexity index is 923. The number of nitrogens with zero attached hydrogens (tertiary/aromatic N) is 2. The predicted molar refractivity (Wildman–Crippen MR) is 97.2 cm³/mol. The molecule has 3 rings (SSSR count). The molecule has 0 aliphatic heterocycles. The number of nitrogens with one attached hydrogen (secondary N) is 2.